The average molecular weight is 334 g/mol. The summed E-state index contributed by atoms with van der Waals surface area (Å²) < 4.78 is 5.73. The van der Waals surface area contributed by atoms with E-state index >= 15 is 0 Å². The van der Waals surface area contributed by atoms with Gasteiger partial charge in [-0.25, -0.2) is 0 Å². The molecule has 1 aliphatic heterocycles. The van der Waals surface area contributed by atoms with Crippen LogP contribution in [0.3, 0.4) is 0 Å². The Balaban J connectivity index is 1.49. The Morgan fingerprint density at radius 1 is 1.25 bits per heavy atom. The van der Waals surface area contributed by atoms with Crippen molar-refractivity contribution in [1.82, 2.24) is 9.80 Å². The van der Waals surface area contributed by atoms with E-state index in [1.807, 2.05) is 18.0 Å². The number of carbonyl (C=O) groups is 1. The normalized spacial score (nSPS) is 16.6. The highest BCUT2D eigenvalue weighted by Crippen LogP contribution is 2.15. The minimum absolute atomic E-state index is 0.139. The number of piperidine rings is 1. The number of hydrogen-bond acceptors (Lipinski definition) is 4. The molecule has 1 fully saturated rings. The first-order chi connectivity index (χ1) is 11.6. The van der Waals surface area contributed by atoms with Crippen molar-refractivity contribution in [3.8, 4) is 0 Å². The van der Waals surface area contributed by atoms with Gasteiger partial charge in [0, 0.05) is 19.2 Å². The Bertz CT molecular complexity index is 473. The van der Waals surface area contributed by atoms with Crippen LogP contribution in [0.15, 0.2) is 30.3 Å². The fraction of sp³-hybridized carbons (Fsp3) is 0.632. The zero-order valence-electron chi connectivity index (χ0n) is 14.7. The summed E-state index contributed by atoms with van der Waals surface area (Å²) >= 11 is 0. The summed E-state index contributed by atoms with van der Waals surface area (Å²) in [5.74, 6) is -0.743. The molecule has 1 aliphatic rings. The van der Waals surface area contributed by atoms with Gasteiger partial charge in [0.05, 0.1) is 13.2 Å². The quantitative estimate of drug-likeness (QED) is 0.664. The molecule has 1 N–H and O–H groups in total. The number of likely N-dealkylation sites (tertiary alicyclic amines) is 1. The summed E-state index contributed by atoms with van der Waals surface area (Å²) in [6.07, 6.45) is 4.14. The van der Waals surface area contributed by atoms with Crippen LogP contribution in [-0.4, -0.2) is 73.4 Å². The van der Waals surface area contributed by atoms with E-state index < -0.39 is 5.97 Å². The first-order valence-electron chi connectivity index (χ1n) is 8.91. The number of carboxylic acid groups (broad SMARTS) is 1. The third kappa shape index (κ3) is 6.99. The van der Waals surface area contributed by atoms with E-state index in [0.29, 0.717) is 6.04 Å². The Kier molecular flexibility index (Phi) is 8.22. The van der Waals surface area contributed by atoms with E-state index in [0.717, 1.165) is 58.5 Å². The number of rotatable bonds is 10. The van der Waals surface area contributed by atoms with Gasteiger partial charge in [-0.1, -0.05) is 30.3 Å². The second-order valence-electron chi connectivity index (χ2n) is 6.58. The molecule has 0 unspecified atom stereocenters. The van der Waals surface area contributed by atoms with E-state index in [4.69, 9.17) is 9.84 Å². The highest BCUT2D eigenvalue weighted by molar-refractivity contribution is 5.69. The summed E-state index contributed by atoms with van der Waals surface area (Å²) in [4.78, 5) is 15.2. The molecule has 0 radical (unpaired) electrons. The molecule has 1 aromatic rings. The predicted octanol–water partition coefficient (Wildman–Crippen LogP) is 2.12. The maximum absolute atomic E-state index is 10.8. The van der Waals surface area contributed by atoms with Crippen molar-refractivity contribution in [2.45, 2.75) is 31.7 Å². The van der Waals surface area contributed by atoms with Gasteiger partial charge in [-0.05, 0) is 51.4 Å². The van der Waals surface area contributed by atoms with Crippen molar-refractivity contribution in [1.29, 1.82) is 0 Å². The van der Waals surface area contributed by atoms with Gasteiger partial charge in [-0.2, -0.15) is 0 Å². The van der Waals surface area contributed by atoms with Crippen LogP contribution in [0.2, 0.25) is 0 Å². The highest BCUT2D eigenvalue weighted by Gasteiger charge is 2.23. The minimum Gasteiger partial charge on any atom is -0.480 e. The molecule has 0 aromatic heterocycles. The molecule has 1 saturated heterocycles. The first kappa shape index (κ1) is 18.9. The van der Waals surface area contributed by atoms with Crippen molar-refractivity contribution in [2.24, 2.45) is 0 Å². The molecule has 0 bridgehead atoms. The molecule has 0 spiro atoms. The van der Waals surface area contributed by atoms with Crippen LogP contribution in [0.1, 0.15) is 24.8 Å². The van der Waals surface area contributed by atoms with E-state index in [1.54, 1.807) is 0 Å². The number of benzene rings is 1. The van der Waals surface area contributed by atoms with E-state index in [1.165, 1.54) is 5.56 Å². The van der Waals surface area contributed by atoms with Gasteiger partial charge in [0.2, 0.25) is 0 Å². The lowest BCUT2D eigenvalue weighted by atomic mass is 10.0. The molecule has 2 rings (SSSR count). The van der Waals surface area contributed by atoms with Crippen molar-refractivity contribution >= 4 is 5.97 Å². The molecule has 0 aliphatic carbocycles. The average Bonchev–Trinajstić information content (AvgIpc) is 2.59. The van der Waals surface area contributed by atoms with Crippen LogP contribution in [-0.2, 0) is 16.0 Å². The number of aliphatic carboxylic acids is 1. The molecule has 24 heavy (non-hydrogen) atoms. The Morgan fingerprint density at radius 2 is 1.96 bits per heavy atom. The number of hydrogen-bond donors (Lipinski definition) is 1. The van der Waals surface area contributed by atoms with Gasteiger partial charge in [0.25, 0.3) is 0 Å². The van der Waals surface area contributed by atoms with E-state index in [9.17, 15) is 4.79 Å². The fourth-order valence-corrected chi connectivity index (χ4v) is 3.25. The van der Waals surface area contributed by atoms with Gasteiger partial charge in [0.15, 0.2) is 0 Å². The van der Waals surface area contributed by atoms with Crippen LogP contribution in [0, 0.1) is 0 Å². The van der Waals surface area contributed by atoms with Crippen molar-refractivity contribution in [3.05, 3.63) is 35.9 Å². The SMILES string of the molecule is CN(CC(=O)O)C1CCN(CCCOCCc2ccccc2)CC1. The second kappa shape index (κ2) is 10.4. The van der Waals surface area contributed by atoms with Crippen LogP contribution < -0.4 is 0 Å². The third-order valence-electron chi connectivity index (χ3n) is 4.71. The van der Waals surface area contributed by atoms with Gasteiger partial charge in [-0.3, -0.25) is 9.69 Å². The Hall–Kier alpha value is -1.43. The van der Waals surface area contributed by atoms with Gasteiger partial charge in [-0.15, -0.1) is 0 Å². The number of ether oxygens (including phenoxy) is 1. The smallest absolute Gasteiger partial charge is 0.317 e. The zero-order chi connectivity index (χ0) is 17.2. The minimum atomic E-state index is -0.743. The first-order valence-corrected chi connectivity index (χ1v) is 8.91. The molecular formula is C19H30N2O3. The van der Waals surface area contributed by atoms with Crippen molar-refractivity contribution in [3.63, 3.8) is 0 Å². The summed E-state index contributed by atoms with van der Waals surface area (Å²) in [6.45, 7) is 4.91. The standard InChI is InChI=1S/C19H30N2O3/c1-20(16-19(22)23)18-8-12-21(13-9-18)11-5-14-24-15-10-17-6-3-2-4-7-17/h2-4,6-7,18H,5,8-16H2,1H3,(H,22,23). The number of nitrogens with zero attached hydrogens (tertiary/aromatic N) is 2. The summed E-state index contributed by atoms with van der Waals surface area (Å²) in [6, 6.07) is 10.8. The van der Waals surface area contributed by atoms with Crippen molar-refractivity contribution < 1.29 is 14.6 Å². The van der Waals surface area contributed by atoms with E-state index in [-0.39, 0.29) is 6.54 Å². The van der Waals surface area contributed by atoms with Crippen LogP contribution in [0.4, 0.5) is 0 Å². The second-order valence-corrected chi connectivity index (χ2v) is 6.58. The van der Waals surface area contributed by atoms with Crippen molar-refractivity contribution in [2.75, 3.05) is 46.4 Å². The predicted molar refractivity (Wildman–Crippen MR) is 95.3 cm³/mol. The Labute approximate surface area is 145 Å². The maximum Gasteiger partial charge on any atom is 0.317 e. The molecular weight excluding hydrogens is 304 g/mol. The van der Waals surface area contributed by atoms with E-state index in [2.05, 4.69) is 29.2 Å². The highest BCUT2D eigenvalue weighted by atomic mass is 16.5. The van der Waals surface area contributed by atoms with Crippen LogP contribution >= 0.6 is 0 Å². The maximum atomic E-state index is 10.8. The summed E-state index contributed by atoms with van der Waals surface area (Å²) in [5.41, 5.74) is 1.32. The molecule has 5 heteroatoms. The lowest BCUT2D eigenvalue weighted by molar-refractivity contribution is -0.138. The fourth-order valence-electron chi connectivity index (χ4n) is 3.25. The summed E-state index contributed by atoms with van der Waals surface area (Å²) in [7, 11) is 1.91. The molecule has 1 heterocycles. The Morgan fingerprint density at radius 3 is 2.62 bits per heavy atom. The molecule has 1 aromatic carbocycles. The topological polar surface area (TPSA) is 53.0 Å². The monoisotopic (exact) mass is 334 g/mol. The van der Waals surface area contributed by atoms with Gasteiger partial charge < -0.3 is 14.7 Å². The lowest BCUT2D eigenvalue weighted by Crippen LogP contribution is -2.45. The lowest BCUT2D eigenvalue weighted by Gasteiger charge is -2.36. The molecule has 0 atom stereocenters. The van der Waals surface area contributed by atoms with Crippen LogP contribution in [0.25, 0.3) is 0 Å². The molecule has 5 nitrogen and oxygen atoms in total. The van der Waals surface area contributed by atoms with Crippen LogP contribution in [0.5, 0.6) is 0 Å². The summed E-state index contributed by atoms with van der Waals surface area (Å²) in [5, 5.41) is 8.86. The number of likely N-dealkylation sites (N-methyl/N-ethyl adjacent to an activating group) is 1. The van der Waals surface area contributed by atoms with Gasteiger partial charge in [0.1, 0.15) is 0 Å². The zero-order valence-corrected chi connectivity index (χ0v) is 14.7. The number of carboxylic acids is 1. The van der Waals surface area contributed by atoms with Gasteiger partial charge >= 0.3 is 5.97 Å². The molecule has 0 amide bonds. The molecule has 134 valence electrons. The largest absolute Gasteiger partial charge is 0.480 e. The molecule has 0 saturated carbocycles. The third-order valence-corrected chi connectivity index (χ3v) is 4.71.